The Hall–Kier alpha value is -1.17. The van der Waals surface area contributed by atoms with Crippen molar-refractivity contribution >= 4 is 0 Å². The van der Waals surface area contributed by atoms with E-state index in [1.165, 1.54) is 0 Å². The molecule has 0 bridgehead atoms. The highest BCUT2D eigenvalue weighted by molar-refractivity contribution is 5.28. The number of hydrogen-bond acceptors (Lipinski definition) is 1. The van der Waals surface area contributed by atoms with Crippen LogP contribution in [0, 0.1) is 11.6 Å². The van der Waals surface area contributed by atoms with E-state index in [0.717, 1.165) is 25.1 Å². The summed E-state index contributed by atoms with van der Waals surface area (Å²) in [4.78, 5) is 0. The molecule has 0 radical (unpaired) electrons. The Balaban J connectivity index is 3.30. The molecule has 0 aromatic heterocycles. The Morgan fingerprint density at radius 1 is 1.17 bits per heavy atom. The summed E-state index contributed by atoms with van der Waals surface area (Å²) in [5.74, 6) is -2.76. The monoisotopic (exact) mass is 267 g/mol. The average Bonchev–Trinajstić information content (AvgIpc) is 2.28. The van der Waals surface area contributed by atoms with Gasteiger partial charge in [-0.05, 0) is 26.0 Å². The van der Waals surface area contributed by atoms with Crippen LogP contribution in [-0.4, -0.2) is 12.7 Å². The van der Waals surface area contributed by atoms with Crippen LogP contribution in [0.5, 0.6) is 0 Å². The molecule has 0 saturated carbocycles. The van der Waals surface area contributed by atoms with Gasteiger partial charge in [-0.25, -0.2) is 8.78 Å². The number of benzene rings is 1. The van der Waals surface area contributed by atoms with Gasteiger partial charge in [-0.2, -0.15) is 13.2 Å². The molecule has 1 aromatic rings. The maximum atomic E-state index is 13.5. The van der Waals surface area contributed by atoms with Crippen molar-refractivity contribution in [2.24, 2.45) is 0 Å². The van der Waals surface area contributed by atoms with E-state index in [-0.39, 0.29) is 6.54 Å². The lowest BCUT2D eigenvalue weighted by Gasteiger charge is -2.34. The van der Waals surface area contributed by atoms with Crippen LogP contribution in [0.15, 0.2) is 18.2 Å². The average molecular weight is 267 g/mol. The van der Waals surface area contributed by atoms with Gasteiger partial charge >= 0.3 is 6.18 Å². The molecule has 1 unspecified atom stereocenters. The topological polar surface area (TPSA) is 12.0 Å². The number of alkyl halides is 3. The van der Waals surface area contributed by atoms with E-state index < -0.39 is 28.9 Å². The molecule has 0 heterocycles. The smallest absolute Gasteiger partial charge is 0.300 e. The van der Waals surface area contributed by atoms with Crippen LogP contribution in [0.25, 0.3) is 0 Å². The summed E-state index contributed by atoms with van der Waals surface area (Å²) in [7, 11) is 0. The van der Waals surface area contributed by atoms with Gasteiger partial charge in [0.25, 0.3) is 0 Å². The molecule has 18 heavy (non-hydrogen) atoms. The third-order valence-electron chi connectivity index (χ3n) is 2.79. The van der Waals surface area contributed by atoms with Crippen molar-refractivity contribution in [3.05, 3.63) is 35.4 Å². The molecule has 102 valence electrons. The lowest BCUT2D eigenvalue weighted by Crippen LogP contribution is -2.52. The van der Waals surface area contributed by atoms with Crippen molar-refractivity contribution in [1.82, 2.24) is 5.32 Å². The predicted octanol–water partition coefficient (Wildman–Crippen LogP) is 3.74. The van der Waals surface area contributed by atoms with E-state index in [2.05, 4.69) is 5.32 Å². The van der Waals surface area contributed by atoms with Crippen LogP contribution in [0.1, 0.15) is 25.8 Å². The molecule has 0 aliphatic rings. The minimum absolute atomic E-state index is 0.0476. The summed E-state index contributed by atoms with van der Waals surface area (Å²) in [5, 5.41) is 2.24. The van der Waals surface area contributed by atoms with Crippen LogP contribution < -0.4 is 5.32 Å². The normalized spacial score (nSPS) is 15.5. The third-order valence-corrected chi connectivity index (χ3v) is 2.79. The summed E-state index contributed by atoms with van der Waals surface area (Å²) in [6, 6.07) is 2.79. The summed E-state index contributed by atoms with van der Waals surface area (Å²) in [6.45, 7) is 2.54. The Labute approximate surface area is 102 Å². The van der Waals surface area contributed by atoms with Gasteiger partial charge in [0, 0.05) is 5.56 Å². The first-order chi connectivity index (χ1) is 8.24. The Morgan fingerprint density at radius 2 is 1.78 bits per heavy atom. The first-order valence-electron chi connectivity index (χ1n) is 5.50. The fourth-order valence-electron chi connectivity index (χ4n) is 1.61. The second-order valence-corrected chi connectivity index (χ2v) is 4.15. The van der Waals surface area contributed by atoms with Crippen molar-refractivity contribution in [2.45, 2.75) is 32.0 Å². The van der Waals surface area contributed by atoms with E-state index in [4.69, 9.17) is 0 Å². The zero-order valence-corrected chi connectivity index (χ0v) is 10.0. The molecular weight excluding hydrogens is 253 g/mol. The summed E-state index contributed by atoms with van der Waals surface area (Å²) in [6.07, 6.45) is -4.28. The van der Waals surface area contributed by atoms with E-state index in [1.807, 2.05) is 0 Å². The Kier molecular flexibility index (Phi) is 4.32. The van der Waals surface area contributed by atoms with Crippen molar-refractivity contribution in [3.63, 3.8) is 0 Å². The molecule has 1 N–H and O–H groups in total. The molecule has 6 heteroatoms. The van der Waals surface area contributed by atoms with Gasteiger partial charge in [0.15, 0.2) is 11.6 Å². The van der Waals surface area contributed by atoms with Crippen LogP contribution in [-0.2, 0) is 5.54 Å². The molecule has 0 amide bonds. The zero-order chi connectivity index (χ0) is 14.0. The van der Waals surface area contributed by atoms with Gasteiger partial charge < -0.3 is 5.32 Å². The lowest BCUT2D eigenvalue weighted by atomic mass is 9.90. The SMILES string of the molecule is CCCNC(C)(c1cccc(F)c1F)C(F)(F)F. The fraction of sp³-hybridized carbons (Fsp3) is 0.500. The minimum atomic E-state index is -4.73. The number of halogens is 5. The van der Waals surface area contributed by atoms with Gasteiger partial charge in [-0.3, -0.25) is 0 Å². The number of hydrogen-bond donors (Lipinski definition) is 1. The van der Waals surface area contributed by atoms with Crippen molar-refractivity contribution in [1.29, 1.82) is 0 Å². The largest absolute Gasteiger partial charge is 0.410 e. The van der Waals surface area contributed by atoms with Crippen LogP contribution >= 0.6 is 0 Å². The minimum Gasteiger partial charge on any atom is -0.300 e. The molecule has 1 atom stereocenters. The highest BCUT2D eigenvalue weighted by Crippen LogP contribution is 2.40. The van der Waals surface area contributed by atoms with Gasteiger partial charge in [0.1, 0.15) is 5.54 Å². The highest BCUT2D eigenvalue weighted by Gasteiger charge is 2.53. The fourth-order valence-corrected chi connectivity index (χ4v) is 1.61. The standard InChI is InChI=1S/C12H14F5N/c1-3-7-18-11(2,12(15,16)17)8-5-4-6-9(13)10(8)14/h4-6,18H,3,7H2,1-2H3. The molecule has 1 rings (SSSR count). The Bertz CT molecular complexity index is 415. The van der Waals surface area contributed by atoms with Gasteiger partial charge in [0.2, 0.25) is 0 Å². The summed E-state index contributed by atoms with van der Waals surface area (Å²) >= 11 is 0. The highest BCUT2D eigenvalue weighted by atomic mass is 19.4. The van der Waals surface area contributed by atoms with E-state index in [9.17, 15) is 22.0 Å². The maximum absolute atomic E-state index is 13.5. The van der Waals surface area contributed by atoms with Gasteiger partial charge in [-0.1, -0.05) is 19.1 Å². The zero-order valence-electron chi connectivity index (χ0n) is 10.0. The quantitative estimate of drug-likeness (QED) is 0.819. The van der Waals surface area contributed by atoms with Crippen LogP contribution in [0.2, 0.25) is 0 Å². The maximum Gasteiger partial charge on any atom is 0.410 e. The molecule has 1 nitrogen and oxygen atoms in total. The Morgan fingerprint density at radius 3 is 2.28 bits per heavy atom. The first-order valence-corrected chi connectivity index (χ1v) is 5.50. The van der Waals surface area contributed by atoms with E-state index >= 15 is 0 Å². The molecular formula is C12H14F5N. The second-order valence-electron chi connectivity index (χ2n) is 4.15. The third kappa shape index (κ3) is 2.63. The predicted molar refractivity (Wildman–Crippen MR) is 58.1 cm³/mol. The van der Waals surface area contributed by atoms with E-state index in [0.29, 0.717) is 6.42 Å². The van der Waals surface area contributed by atoms with Crippen LogP contribution in [0.4, 0.5) is 22.0 Å². The second kappa shape index (κ2) is 5.22. The summed E-state index contributed by atoms with van der Waals surface area (Å²) in [5.41, 5.74) is -3.33. The lowest BCUT2D eigenvalue weighted by molar-refractivity contribution is -0.196. The number of nitrogens with one attached hydrogen (secondary N) is 1. The first kappa shape index (κ1) is 14.9. The van der Waals surface area contributed by atoms with Crippen LogP contribution in [0.3, 0.4) is 0 Å². The van der Waals surface area contributed by atoms with Crippen molar-refractivity contribution in [2.75, 3.05) is 6.54 Å². The number of rotatable bonds is 4. The van der Waals surface area contributed by atoms with Gasteiger partial charge in [0.05, 0.1) is 0 Å². The van der Waals surface area contributed by atoms with Gasteiger partial charge in [-0.15, -0.1) is 0 Å². The summed E-state index contributed by atoms with van der Waals surface area (Å²) < 4.78 is 65.8. The molecule has 0 spiro atoms. The van der Waals surface area contributed by atoms with E-state index in [1.54, 1.807) is 6.92 Å². The molecule has 1 aromatic carbocycles. The van der Waals surface area contributed by atoms with Crippen molar-refractivity contribution < 1.29 is 22.0 Å². The molecule has 0 aliphatic heterocycles. The molecule has 0 fully saturated rings. The molecule has 0 saturated heterocycles. The molecule has 0 aliphatic carbocycles. The van der Waals surface area contributed by atoms with Crippen molar-refractivity contribution in [3.8, 4) is 0 Å².